The molecule has 1 unspecified atom stereocenters. The third-order valence-electron chi connectivity index (χ3n) is 1.70. The molecule has 1 aromatic heterocycles. The second-order valence-electron chi connectivity index (χ2n) is 2.72. The van der Waals surface area contributed by atoms with E-state index in [9.17, 15) is 0 Å². The van der Waals surface area contributed by atoms with Crippen molar-refractivity contribution in [1.82, 2.24) is 0 Å². The standard InChI is InChI=1S/C8H12ClNOS/c1-5-4-12-8(7(5)9)6(10)2-3-11/h4,6,11H,2-3,10H2,1H3. The fourth-order valence-electron chi connectivity index (χ4n) is 0.970. The van der Waals surface area contributed by atoms with Gasteiger partial charge in [-0.2, -0.15) is 0 Å². The summed E-state index contributed by atoms with van der Waals surface area (Å²) in [6.07, 6.45) is 0.569. The predicted octanol–water partition coefficient (Wildman–Crippen LogP) is 2.09. The first-order chi connectivity index (χ1) is 5.66. The molecule has 2 nitrogen and oxygen atoms in total. The molecule has 1 atom stereocenters. The normalized spacial score (nSPS) is 13.3. The van der Waals surface area contributed by atoms with Crippen molar-refractivity contribution in [3.05, 3.63) is 20.8 Å². The first-order valence-electron chi connectivity index (χ1n) is 3.76. The number of aliphatic hydroxyl groups excluding tert-OH is 1. The number of hydrogen-bond acceptors (Lipinski definition) is 3. The SMILES string of the molecule is Cc1csc(C(N)CCO)c1Cl. The molecular weight excluding hydrogens is 194 g/mol. The van der Waals surface area contributed by atoms with Crippen LogP contribution < -0.4 is 5.73 Å². The average molecular weight is 206 g/mol. The van der Waals surface area contributed by atoms with Gasteiger partial charge in [0.1, 0.15) is 0 Å². The molecule has 0 saturated carbocycles. The van der Waals surface area contributed by atoms with E-state index >= 15 is 0 Å². The Bertz CT molecular complexity index is 262. The van der Waals surface area contributed by atoms with Crippen molar-refractivity contribution in [3.8, 4) is 0 Å². The maximum Gasteiger partial charge on any atom is 0.0590 e. The van der Waals surface area contributed by atoms with E-state index in [-0.39, 0.29) is 12.6 Å². The fourth-order valence-corrected chi connectivity index (χ4v) is 2.34. The number of nitrogens with two attached hydrogens (primary N) is 1. The summed E-state index contributed by atoms with van der Waals surface area (Å²) in [7, 11) is 0. The summed E-state index contributed by atoms with van der Waals surface area (Å²) in [5.74, 6) is 0. The largest absolute Gasteiger partial charge is 0.396 e. The van der Waals surface area contributed by atoms with Gasteiger partial charge in [0.05, 0.1) is 5.02 Å². The van der Waals surface area contributed by atoms with E-state index < -0.39 is 0 Å². The van der Waals surface area contributed by atoms with Gasteiger partial charge >= 0.3 is 0 Å². The van der Waals surface area contributed by atoms with Crippen LogP contribution in [0.1, 0.15) is 22.9 Å². The topological polar surface area (TPSA) is 46.2 Å². The Morgan fingerprint density at radius 2 is 2.42 bits per heavy atom. The van der Waals surface area contributed by atoms with Crippen molar-refractivity contribution in [2.45, 2.75) is 19.4 Å². The molecule has 3 N–H and O–H groups in total. The Labute approximate surface area is 81.0 Å². The van der Waals surface area contributed by atoms with E-state index in [2.05, 4.69) is 0 Å². The summed E-state index contributed by atoms with van der Waals surface area (Å²) in [5, 5.41) is 11.4. The third kappa shape index (κ3) is 1.98. The summed E-state index contributed by atoms with van der Waals surface area (Å²) in [6.45, 7) is 2.06. The Morgan fingerprint density at radius 1 is 1.75 bits per heavy atom. The molecule has 0 aromatic carbocycles. The van der Waals surface area contributed by atoms with Crippen molar-refractivity contribution < 1.29 is 5.11 Å². The Hall–Kier alpha value is -0.0900. The van der Waals surface area contributed by atoms with Gasteiger partial charge in [0.2, 0.25) is 0 Å². The summed E-state index contributed by atoms with van der Waals surface area (Å²) in [6, 6.07) is -0.124. The predicted molar refractivity (Wildman–Crippen MR) is 52.7 cm³/mol. The molecule has 0 fully saturated rings. The van der Waals surface area contributed by atoms with Crippen molar-refractivity contribution >= 4 is 22.9 Å². The van der Waals surface area contributed by atoms with Crippen molar-refractivity contribution in [2.24, 2.45) is 5.73 Å². The lowest BCUT2D eigenvalue weighted by molar-refractivity contribution is 0.277. The molecular formula is C8H12ClNOS. The number of aryl methyl sites for hydroxylation is 1. The van der Waals surface area contributed by atoms with E-state index in [1.807, 2.05) is 12.3 Å². The zero-order chi connectivity index (χ0) is 9.14. The number of hydrogen-bond donors (Lipinski definition) is 2. The lowest BCUT2D eigenvalue weighted by atomic mass is 10.2. The first-order valence-corrected chi connectivity index (χ1v) is 5.02. The van der Waals surface area contributed by atoms with Crippen molar-refractivity contribution in [1.29, 1.82) is 0 Å². The quantitative estimate of drug-likeness (QED) is 0.794. The minimum atomic E-state index is -0.124. The van der Waals surface area contributed by atoms with E-state index in [0.29, 0.717) is 6.42 Å². The second-order valence-corrected chi connectivity index (χ2v) is 4.00. The maximum atomic E-state index is 8.68. The van der Waals surface area contributed by atoms with Gasteiger partial charge in [-0.15, -0.1) is 11.3 Å². The molecule has 0 spiro atoms. The molecule has 1 rings (SSSR count). The lowest BCUT2D eigenvalue weighted by Gasteiger charge is -2.07. The number of aliphatic hydroxyl groups is 1. The van der Waals surface area contributed by atoms with E-state index in [0.717, 1.165) is 15.5 Å². The molecule has 0 radical (unpaired) electrons. The van der Waals surface area contributed by atoms with Crippen molar-refractivity contribution in [3.63, 3.8) is 0 Å². The Balaban J connectivity index is 2.80. The molecule has 0 bridgehead atoms. The molecule has 0 aliphatic heterocycles. The minimum Gasteiger partial charge on any atom is -0.396 e. The number of rotatable bonds is 3. The third-order valence-corrected chi connectivity index (χ3v) is 3.55. The molecule has 0 saturated heterocycles. The van der Waals surface area contributed by atoms with E-state index in [1.54, 1.807) is 11.3 Å². The van der Waals surface area contributed by atoms with Gasteiger partial charge in [-0.3, -0.25) is 0 Å². The molecule has 1 aromatic rings. The van der Waals surface area contributed by atoms with E-state index in [4.69, 9.17) is 22.4 Å². The van der Waals surface area contributed by atoms with Crippen LogP contribution in [-0.4, -0.2) is 11.7 Å². The smallest absolute Gasteiger partial charge is 0.0590 e. The highest BCUT2D eigenvalue weighted by molar-refractivity contribution is 7.10. The van der Waals surface area contributed by atoms with Crippen LogP contribution in [0.2, 0.25) is 5.02 Å². The van der Waals surface area contributed by atoms with Crippen LogP contribution in [0.5, 0.6) is 0 Å². The van der Waals surface area contributed by atoms with Gasteiger partial charge in [0.25, 0.3) is 0 Å². The van der Waals surface area contributed by atoms with Gasteiger partial charge in [-0.05, 0) is 24.3 Å². The van der Waals surface area contributed by atoms with Crippen LogP contribution in [0.25, 0.3) is 0 Å². The van der Waals surface area contributed by atoms with Crippen LogP contribution >= 0.6 is 22.9 Å². The first kappa shape index (κ1) is 9.99. The Kier molecular flexibility index (Phi) is 3.53. The summed E-state index contributed by atoms with van der Waals surface area (Å²) in [5.41, 5.74) is 6.85. The van der Waals surface area contributed by atoms with Gasteiger partial charge < -0.3 is 10.8 Å². The van der Waals surface area contributed by atoms with Crippen LogP contribution in [-0.2, 0) is 0 Å². The average Bonchev–Trinajstić information content (AvgIpc) is 2.34. The van der Waals surface area contributed by atoms with Gasteiger partial charge in [-0.25, -0.2) is 0 Å². The van der Waals surface area contributed by atoms with Crippen LogP contribution in [0.4, 0.5) is 0 Å². The van der Waals surface area contributed by atoms with Gasteiger partial charge in [-0.1, -0.05) is 11.6 Å². The zero-order valence-corrected chi connectivity index (χ0v) is 8.45. The minimum absolute atomic E-state index is 0.106. The molecule has 68 valence electrons. The highest BCUT2D eigenvalue weighted by Gasteiger charge is 2.12. The molecule has 12 heavy (non-hydrogen) atoms. The number of halogens is 1. The second kappa shape index (κ2) is 4.23. The fraction of sp³-hybridized carbons (Fsp3) is 0.500. The summed E-state index contributed by atoms with van der Waals surface area (Å²) in [4.78, 5) is 0.975. The summed E-state index contributed by atoms with van der Waals surface area (Å²) >= 11 is 7.54. The van der Waals surface area contributed by atoms with Crippen LogP contribution in [0.15, 0.2) is 5.38 Å². The van der Waals surface area contributed by atoms with Crippen molar-refractivity contribution in [2.75, 3.05) is 6.61 Å². The van der Waals surface area contributed by atoms with Crippen LogP contribution in [0, 0.1) is 6.92 Å². The molecule has 1 heterocycles. The maximum absolute atomic E-state index is 8.68. The molecule has 0 aliphatic carbocycles. The molecule has 0 aliphatic rings. The van der Waals surface area contributed by atoms with Gasteiger partial charge in [0.15, 0.2) is 0 Å². The highest BCUT2D eigenvalue weighted by atomic mass is 35.5. The van der Waals surface area contributed by atoms with Gasteiger partial charge in [0, 0.05) is 17.5 Å². The van der Waals surface area contributed by atoms with E-state index in [1.165, 1.54) is 0 Å². The zero-order valence-electron chi connectivity index (χ0n) is 6.88. The monoisotopic (exact) mass is 205 g/mol. The summed E-state index contributed by atoms with van der Waals surface area (Å²) < 4.78 is 0. The lowest BCUT2D eigenvalue weighted by Crippen LogP contribution is -2.10. The molecule has 4 heteroatoms. The number of thiophene rings is 1. The highest BCUT2D eigenvalue weighted by Crippen LogP contribution is 2.32. The Morgan fingerprint density at radius 3 is 2.83 bits per heavy atom. The van der Waals surface area contributed by atoms with Crippen LogP contribution in [0.3, 0.4) is 0 Å². The molecule has 0 amide bonds.